The fraction of sp³-hybridized carbons (Fsp3) is 0.750. The summed E-state index contributed by atoms with van der Waals surface area (Å²) in [6, 6.07) is -0.297. The van der Waals surface area contributed by atoms with Crippen LogP contribution in [0, 0.1) is 0 Å². The van der Waals surface area contributed by atoms with Gasteiger partial charge in [0.15, 0.2) is 0 Å². The average Bonchev–Trinajstić information content (AvgIpc) is 2.80. The van der Waals surface area contributed by atoms with E-state index >= 15 is 0 Å². The lowest BCUT2D eigenvalue weighted by Gasteiger charge is -2.12. The number of rotatable bonds is 6. The van der Waals surface area contributed by atoms with Crippen molar-refractivity contribution in [3.8, 4) is 0 Å². The van der Waals surface area contributed by atoms with Crippen LogP contribution in [0.15, 0.2) is 0 Å². The third kappa shape index (κ3) is 3.89. The quantitative estimate of drug-likeness (QED) is 0.519. The first kappa shape index (κ1) is 9.98. The molecule has 1 amide bonds. The second-order valence-electron chi connectivity index (χ2n) is 3.34. The summed E-state index contributed by atoms with van der Waals surface area (Å²) < 4.78 is 0. The monoisotopic (exact) mass is 186 g/mol. The Morgan fingerprint density at radius 2 is 2.15 bits per heavy atom. The summed E-state index contributed by atoms with van der Waals surface area (Å²) >= 11 is 0. The molecule has 1 unspecified atom stereocenters. The number of hydrogen-bond donors (Lipinski definition) is 3. The van der Waals surface area contributed by atoms with Gasteiger partial charge in [0, 0.05) is 12.5 Å². The summed E-state index contributed by atoms with van der Waals surface area (Å²) in [6.45, 7) is 0. The SMILES string of the molecule is NC(=O)CCC(NC1CC1)C(=O)O. The number of amides is 1. The molecule has 1 aliphatic rings. The van der Waals surface area contributed by atoms with E-state index in [0.29, 0.717) is 6.04 Å². The fourth-order valence-electron chi connectivity index (χ4n) is 1.10. The van der Waals surface area contributed by atoms with Gasteiger partial charge in [0.25, 0.3) is 0 Å². The van der Waals surface area contributed by atoms with E-state index in [9.17, 15) is 9.59 Å². The minimum atomic E-state index is -0.909. The molecule has 1 rings (SSSR count). The zero-order chi connectivity index (χ0) is 9.84. The summed E-state index contributed by atoms with van der Waals surface area (Å²) in [5.74, 6) is -1.36. The Hall–Kier alpha value is -1.10. The number of primary amides is 1. The van der Waals surface area contributed by atoms with E-state index in [0.717, 1.165) is 12.8 Å². The maximum absolute atomic E-state index is 10.7. The molecule has 0 radical (unpaired) electrons. The molecule has 13 heavy (non-hydrogen) atoms. The molecule has 74 valence electrons. The molecule has 0 aromatic carbocycles. The molecule has 0 bridgehead atoms. The lowest BCUT2D eigenvalue weighted by Crippen LogP contribution is -2.38. The Labute approximate surface area is 76.3 Å². The van der Waals surface area contributed by atoms with Crippen LogP contribution < -0.4 is 11.1 Å². The van der Waals surface area contributed by atoms with Crippen molar-refractivity contribution < 1.29 is 14.7 Å². The Morgan fingerprint density at radius 1 is 1.54 bits per heavy atom. The van der Waals surface area contributed by atoms with E-state index in [1.165, 1.54) is 0 Å². The highest BCUT2D eigenvalue weighted by molar-refractivity contribution is 5.77. The summed E-state index contributed by atoms with van der Waals surface area (Å²) in [5.41, 5.74) is 4.93. The molecule has 1 atom stereocenters. The first-order valence-corrected chi connectivity index (χ1v) is 4.36. The lowest BCUT2D eigenvalue weighted by atomic mass is 10.1. The van der Waals surface area contributed by atoms with Crippen molar-refractivity contribution in [2.45, 2.75) is 37.8 Å². The van der Waals surface area contributed by atoms with Gasteiger partial charge in [-0.05, 0) is 19.3 Å². The van der Waals surface area contributed by atoms with Gasteiger partial charge in [-0.25, -0.2) is 0 Å². The van der Waals surface area contributed by atoms with E-state index in [4.69, 9.17) is 10.8 Å². The van der Waals surface area contributed by atoms with E-state index in [-0.39, 0.29) is 12.8 Å². The maximum Gasteiger partial charge on any atom is 0.320 e. The van der Waals surface area contributed by atoms with Gasteiger partial charge in [-0.15, -0.1) is 0 Å². The van der Waals surface area contributed by atoms with E-state index in [1.807, 2.05) is 0 Å². The predicted octanol–water partition coefficient (Wildman–Crippen LogP) is -0.543. The molecule has 5 heteroatoms. The van der Waals surface area contributed by atoms with Crippen molar-refractivity contribution in [3.05, 3.63) is 0 Å². The Morgan fingerprint density at radius 3 is 2.54 bits per heavy atom. The van der Waals surface area contributed by atoms with Gasteiger partial charge in [0.1, 0.15) is 6.04 Å². The molecule has 1 fully saturated rings. The third-order valence-corrected chi connectivity index (χ3v) is 1.99. The number of carbonyl (C=O) groups excluding carboxylic acids is 1. The number of carbonyl (C=O) groups is 2. The molecule has 0 spiro atoms. The molecule has 0 aliphatic heterocycles. The Kier molecular flexibility index (Phi) is 3.25. The van der Waals surface area contributed by atoms with Crippen LogP contribution in [-0.4, -0.2) is 29.1 Å². The van der Waals surface area contributed by atoms with Crippen LogP contribution in [0.4, 0.5) is 0 Å². The molecule has 0 saturated heterocycles. The second-order valence-corrected chi connectivity index (χ2v) is 3.34. The van der Waals surface area contributed by atoms with Crippen LogP contribution in [0.25, 0.3) is 0 Å². The van der Waals surface area contributed by atoms with Crippen molar-refractivity contribution in [1.82, 2.24) is 5.32 Å². The smallest absolute Gasteiger partial charge is 0.320 e. The number of aliphatic carboxylic acids is 1. The molecule has 4 N–H and O–H groups in total. The predicted molar refractivity (Wildman–Crippen MR) is 46.0 cm³/mol. The highest BCUT2D eigenvalue weighted by Gasteiger charge is 2.28. The summed E-state index contributed by atoms with van der Waals surface area (Å²) in [5, 5.41) is 11.7. The first-order valence-electron chi connectivity index (χ1n) is 4.36. The zero-order valence-corrected chi connectivity index (χ0v) is 7.32. The molecular weight excluding hydrogens is 172 g/mol. The largest absolute Gasteiger partial charge is 0.480 e. The Balaban J connectivity index is 2.28. The highest BCUT2D eigenvalue weighted by Crippen LogP contribution is 2.20. The normalized spacial score (nSPS) is 18.2. The van der Waals surface area contributed by atoms with Crippen molar-refractivity contribution in [1.29, 1.82) is 0 Å². The van der Waals surface area contributed by atoms with Crippen LogP contribution in [0.3, 0.4) is 0 Å². The topological polar surface area (TPSA) is 92.4 Å². The van der Waals surface area contributed by atoms with Crippen molar-refractivity contribution in [2.24, 2.45) is 5.73 Å². The molecule has 1 saturated carbocycles. The van der Waals surface area contributed by atoms with Gasteiger partial charge in [-0.2, -0.15) is 0 Å². The van der Waals surface area contributed by atoms with Gasteiger partial charge in [-0.1, -0.05) is 0 Å². The zero-order valence-electron chi connectivity index (χ0n) is 7.32. The minimum Gasteiger partial charge on any atom is -0.480 e. The number of nitrogens with one attached hydrogen (secondary N) is 1. The van der Waals surface area contributed by atoms with Gasteiger partial charge >= 0.3 is 5.97 Å². The minimum absolute atomic E-state index is 0.122. The van der Waals surface area contributed by atoms with Crippen LogP contribution in [0.2, 0.25) is 0 Å². The van der Waals surface area contributed by atoms with Crippen LogP contribution in [0.5, 0.6) is 0 Å². The van der Waals surface area contributed by atoms with Crippen molar-refractivity contribution in [3.63, 3.8) is 0 Å². The number of hydrogen-bond acceptors (Lipinski definition) is 3. The van der Waals surface area contributed by atoms with Gasteiger partial charge < -0.3 is 16.2 Å². The van der Waals surface area contributed by atoms with Crippen molar-refractivity contribution in [2.75, 3.05) is 0 Å². The number of carboxylic acids is 1. The lowest BCUT2D eigenvalue weighted by molar-refractivity contribution is -0.139. The summed E-state index contributed by atoms with van der Waals surface area (Å²) in [4.78, 5) is 21.1. The number of nitrogens with two attached hydrogens (primary N) is 1. The average molecular weight is 186 g/mol. The maximum atomic E-state index is 10.7. The van der Waals surface area contributed by atoms with Gasteiger partial charge in [0.2, 0.25) is 5.91 Å². The van der Waals surface area contributed by atoms with Crippen molar-refractivity contribution >= 4 is 11.9 Å². The molecule has 0 heterocycles. The molecular formula is C8H14N2O3. The number of carboxylic acid groups (broad SMARTS) is 1. The molecule has 0 aromatic heterocycles. The summed E-state index contributed by atoms with van der Waals surface area (Å²) in [7, 11) is 0. The molecule has 5 nitrogen and oxygen atoms in total. The third-order valence-electron chi connectivity index (χ3n) is 1.99. The molecule has 1 aliphatic carbocycles. The highest BCUT2D eigenvalue weighted by atomic mass is 16.4. The van der Waals surface area contributed by atoms with E-state index in [2.05, 4.69) is 5.32 Å². The first-order chi connectivity index (χ1) is 6.09. The van der Waals surface area contributed by atoms with Gasteiger partial charge in [-0.3, -0.25) is 9.59 Å². The second kappa shape index (κ2) is 4.23. The standard InChI is InChI=1S/C8H14N2O3/c9-7(11)4-3-6(8(12)13)10-5-1-2-5/h5-6,10H,1-4H2,(H2,9,11)(H,12,13). The van der Waals surface area contributed by atoms with Gasteiger partial charge in [0.05, 0.1) is 0 Å². The van der Waals surface area contributed by atoms with Crippen LogP contribution >= 0.6 is 0 Å². The van der Waals surface area contributed by atoms with E-state index < -0.39 is 17.9 Å². The van der Waals surface area contributed by atoms with E-state index in [1.54, 1.807) is 0 Å². The van der Waals surface area contributed by atoms with Crippen LogP contribution in [0.1, 0.15) is 25.7 Å². The van der Waals surface area contributed by atoms with Crippen LogP contribution in [-0.2, 0) is 9.59 Å². The molecule has 0 aromatic rings. The Bertz CT molecular complexity index is 213. The summed E-state index contributed by atoms with van der Waals surface area (Å²) in [6.07, 6.45) is 2.46. The fourth-order valence-corrected chi connectivity index (χ4v) is 1.10.